The fourth-order valence-corrected chi connectivity index (χ4v) is 3.99. The van der Waals surface area contributed by atoms with Crippen molar-refractivity contribution < 1.29 is 4.39 Å². The van der Waals surface area contributed by atoms with Gasteiger partial charge in [-0.05, 0) is 54.8 Å². The normalized spacial score (nSPS) is 11.9. The third kappa shape index (κ3) is 3.43. The van der Waals surface area contributed by atoms with Crippen LogP contribution in [0.15, 0.2) is 67.7 Å². The fraction of sp³-hybridized carbons (Fsp3) is 0.0800. The van der Waals surface area contributed by atoms with Crippen LogP contribution in [0.2, 0.25) is 0 Å². The van der Waals surface area contributed by atoms with Gasteiger partial charge in [-0.25, -0.2) is 4.39 Å². The highest BCUT2D eigenvalue weighted by molar-refractivity contribution is 5.95. The van der Waals surface area contributed by atoms with Crippen LogP contribution in [0, 0.1) is 19.7 Å². The molecule has 0 atom stereocenters. The smallest absolute Gasteiger partial charge is 0.124 e. The molecule has 4 heterocycles. The molecular weight excluding hydrogens is 403 g/mol. The zero-order valence-electron chi connectivity index (χ0n) is 17.7. The van der Waals surface area contributed by atoms with Crippen molar-refractivity contribution in [3.8, 4) is 22.6 Å². The molecule has 4 aromatic heterocycles. The predicted molar refractivity (Wildman–Crippen MR) is 124 cm³/mol. The second-order valence-corrected chi connectivity index (χ2v) is 7.73. The third-order valence-electron chi connectivity index (χ3n) is 5.44. The van der Waals surface area contributed by atoms with Crippen molar-refractivity contribution in [1.29, 1.82) is 0 Å². The third-order valence-corrected chi connectivity index (χ3v) is 5.44. The van der Waals surface area contributed by atoms with E-state index in [4.69, 9.17) is 0 Å². The lowest BCUT2D eigenvalue weighted by Gasteiger charge is -2.09. The maximum Gasteiger partial charge on any atom is 0.124 e. The molecule has 0 radical (unpaired) electrons. The lowest BCUT2D eigenvalue weighted by Crippen LogP contribution is -1.91. The summed E-state index contributed by atoms with van der Waals surface area (Å²) in [5.41, 5.74) is 8.66. The number of hydrogen-bond acceptors (Lipinski definition) is 3. The number of aromatic amines is 3. The molecule has 0 fully saturated rings. The van der Waals surface area contributed by atoms with Crippen LogP contribution in [0.3, 0.4) is 0 Å². The van der Waals surface area contributed by atoms with E-state index in [0.29, 0.717) is 0 Å². The van der Waals surface area contributed by atoms with Crippen LogP contribution < -0.4 is 0 Å². The van der Waals surface area contributed by atoms with Crippen molar-refractivity contribution in [3.63, 3.8) is 0 Å². The number of aromatic nitrogens is 6. The number of nitrogens with one attached hydrogen (secondary N) is 3. The van der Waals surface area contributed by atoms with Gasteiger partial charge in [0.05, 0.1) is 29.3 Å². The molecule has 0 unspecified atom stereocenters. The summed E-state index contributed by atoms with van der Waals surface area (Å²) in [7, 11) is 0. The number of fused-ring (bicyclic) bond motifs is 1. The molecule has 0 amide bonds. The molecule has 3 N–H and O–H groups in total. The number of H-pyrrole nitrogens is 3. The van der Waals surface area contributed by atoms with E-state index in [1.807, 2.05) is 38.1 Å². The van der Waals surface area contributed by atoms with Crippen molar-refractivity contribution in [2.45, 2.75) is 13.8 Å². The van der Waals surface area contributed by atoms with Gasteiger partial charge in [0.2, 0.25) is 0 Å². The van der Waals surface area contributed by atoms with E-state index < -0.39 is 0 Å². The first kappa shape index (κ1) is 19.7. The maximum atomic E-state index is 14.1. The Morgan fingerprint density at radius 1 is 1.09 bits per heavy atom. The molecule has 1 aromatic carbocycles. The first-order valence-electron chi connectivity index (χ1n) is 10.2. The van der Waals surface area contributed by atoms with Crippen molar-refractivity contribution >= 4 is 16.5 Å². The molecular formula is C25H21FN6. The fourth-order valence-electron chi connectivity index (χ4n) is 3.99. The summed E-state index contributed by atoms with van der Waals surface area (Å²) >= 11 is 0. The van der Waals surface area contributed by atoms with E-state index in [0.717, 1.165) is 61.5 Å². The molecule has 0 aliphatic carbocycles. The Bertz CT molecular complexity index is 1450. The molecule has 7 heteroatoms. The Labute approximate surface area is 183 Å². The quantitative estimate of drug-likeness (QED) is 0.316. The number of allylic oxidation sites excluding steroid dienone is 2. The number of halogens is 1. The average molecular weight is 424 g/mol. The molecule has 5 rings (SSSR count). The van der Waals surface area contributed by atoms with Gasteiger partial charge in [-0.2, -0.15) is 10.2 Å². The molecule has 5 aromatic rings. The molecule has 0 saturated carbocycles. The first-order chi connectivity index (χ1) is 15.5. The Morgan fingerprint density at radius 2 is 1.97 bits per heavy atom. The number of nitrogens with zero attached hydrogens (tertiary/aromatic N) is 3. The summed E-state index contributed by atoms with van der Waals surface area (Å²) in [6, 6.07) is 9.06. The number of rotatable bonds is 5. The first-order valence-corrected chi connectivity index (χ1v) is 10.2. The lowest BCUT2D eigenvalue weighted by molar-refractivity contribution is 0.626. The van der Waals surface area contributed by atoms with E-state index in [-0.39, 0.29) is 5.82 Å². The monoisotopic (exact) mass is 424 g/mol. The number of benzene rings is 1. The number of hydrogen-bond donors (Lipinski definition) is 3. The Morgan fingerprint density at radius 3 is 2.72 bits per heavy atom. The molecule has 32 heavy (non-hydrogen) atoms. The minimum absolute atomic E-state index is 0.263. The highest BCUT2D eigenvalue weighted by Gasteiger charge is 2.17. The maximum absolute atomic E-state index is 14.1. The molecule has 0 aliphatic rings. The van der Waals surface area contributed by atoms with Gasteiger partial charge >= 0.3 is 0 Å². The van der Waals surface area contributed by atoms with Crippen LogP contribution in [-0.2, 0) is 0 Å². The van der Waals surface area contributed by atoms with E-state index in [9.17, 15) is 4.39 Å². The molecule has 158 valence electrons. The summed E-state index contributed by atoms with van der Waals surface area (Å²) in [5.74, 6) is -0.263. The van der Waals surface area contributed by atoms with Gasteiger partial charge < -0.3 is 4.98 Å². The standard InChI is InChI=1S/C25H21FN6/c1-4-5-19(16-6-14(2)7-18(26)8-16)20-9-23(30-15(20)3)25-21-10-22(17-11-28-29-12-17)27-13-24(21)31-32-25/h4-13,30H,1H2,2-3H3,(H,28,29)(H,31,32)/b19-5-. The van der Waals surface area contributed by atoms with Crippen LogP contribution >= 0.6 is 0 Å². The second-order valence-electron chi connectivity index (χ2n) is 7.73. The van der Waals surface area contributed by atoms with E-state index in [1.165, 1.54) is 6.07 Å². The van der Waals surface area contributed by atoms with E-state index in [1.54, 1.807) is 30.7 Å². The Kier molecular flexibility index (Phi) is 4.78. The van der Waals surface area contributed by atoms with Crippen LogP contribution in [0.1, 0.15) is 22.4 Å². The Hall–Kier alpha value is -4.26. The highest BCUT2D eigenvalue weighted by Crippen LogP contribution is 2.34. The summed E-state index contributed by atoms with van der Waals surface area (Å²) in [6.07, 6.45) is 8.92. The van der Waals surface area contributed by atoms with Gasteiger partial charge in [-0.15, -0.1) is 0 Å². The van der Waals surface area contributed by atoms with Crippen molar-refractivity contribution in [2.24, 2.45) is 0 Å². The minimum atomic E-state index is -0.263. The van der Waals surface area contributed by atoms with Crippen molar-refractivity contribution in [3.05, 3.63) is 95.9 Å². The number of aryl methyl sites for hydroxylation is 2. The summed E-state index contributed by atoms with van der Waals surface area (Å²) in [4.78, 5) is 7.93. The van der Waals surface area contributed by atoms with Gasteiger partial charge in [0.15, 0.2) is 0 Å². The molecule has 6 nitrogen and oxygen atoms in total. The van der Waals surface area contributed by atoms with Crippen LogP contribution in [0.4, 0.5) is 4.39 Å². The van der Waals surface area contributed by atoms with Crippen molar-refractivity contribution in [1.82, 2.24) is 30.4 Å². The largest absolute Gasteiger partial charge is 0.357 e. The second kappa shape index (κ2) is 7.77. The SMILES string of the molecule is C=C/C=C(/c1cc(C)cc(F)c1)c1cc(-c2n[nH]c3cnc(-c4cn[nH]c4)cc23)[nH]c1C. The molecule has 0 saturated heterocycles. The minimum Gasteiger partial charge on any atom is -0.357 e. The van der Waals surface area contributed by atoms with Crippen LogP contribution in [0.25, 0.3) is 39.1 Å². The van der Waals surface area contributed by atoms with Crippen LogP contribution in [-0.4, -0.2) is 30.4 Å². The van der Waals surface area contributed by atoms with Crippen molar-refractivity contribution in [2.75, 3.05) is 0 Å². The Balaban J connectivity index is 1.63. The number of pyridine rings is 1. The van der Waals surface area contributed by atoms with Gasteiger partial charge in [0, 0.05) is 28.4 Å². The van der Waals surface area contributed by atoms with Gasteiger partial charge in [0.25, 0.3) is 0 Å². The van der Waals surface area contributed by atoms with Gasteiger partial charge in [0.1, 0.15) is 11.5 Å². The zero-order valence-corrected chi connectivity index (χ0v) is 17.7. The molecule has 0 spiro atoms. The lowest BCUT2D eigenvalue weighted by atomic mass is 9.96. The highest BCUT2D eigenvalue weighted by atomic mass is 19.1. The molecule has 0 aliphatic heterocycles. The zero-order chi connectivity index (χ0) is 22.2. The van der Waals surface area contributed by atoms with E-state index >= 15 is 0 Å². The van der Waals surface area contributed by atoms with Crippen LogP contribution in [0.5, 0.6) is 0 Å². The predicted octanol–water partition coefficient (Wildman–Crippen LogP) is 5.72. The summed E-state index contributed by atoms with van der Waals surface area (Å²) < 4.78 is 14.1. The van der Waals surface area contributed by atoms with E-state index in [2.05, 4.69) is 36.9 Å². The molecule has 0 bridgehead atoms. The average Bonchev–Trinajstić information content (AvgIpc) is 3.50. The summed E-state index contributed by atoms with van der Waals surface area (Å²) in [5, 5.41) is 15.3. The van der Waals surface area contributed by atoms with Gasteiger partial charge in [-0.3, -0.25) is 15.2 Å². The topological polar surface area (TPSA) is 86.0 Å². The summed E-state index contributed by atoms with van der Waals surface area (Å²) in [6.45, 7) is 7.72. The van der Waals surface area contributed by atoms with Gasteiger partial charge in [-0.1, -0.05) is 24.8 Å².